The Kier molecular flexibility index (Phi) is 3.20. The van der Waals surface area contributed by atoms with Gasteiger partial charge >= 0.3 is 5.69 Å². The maximum absolute atomic E-state index is 10.4. The molecule has 0 unspecified atom stereocenters. The Morgan fingerprint density at radius 1 is 0.941 bits per heavy atom. The van der Waals surface area contributed by atoms with Crippen LogP contribution in [-0.4, -0.2) is 5.11 Å². The molecule has 0 radical (unpaired) electrons. The quantitative estimate of drug-likeness (QED) is 0.672. The van der Waals surface area contributed by atoms with Crippen LogP contribution in [0.15, 0.2) is 12.1 Å². The maximum Gasteiger partial charge on any atom is 0.385 e. The highest BCUT2D eigenvalue weighted by molar-refractivity contribution is 5.59. The molecule has 0 aliphatic heterocycles. The fourth-order valence-corrected chi connectivity index (χ4v) is 1.82. The van der Waals surface area contributed by atoms with Crippen molar-refractivity contribution in [2.45, 2.75) is 52.4 Å². The standard InChI is InChI=1S/C14H20N2O/c1-13(2,3)10-7-9(16-15)8-11(12(10)17)14(4,5)6/h7-8H,1-6H3/p+1. The van der Waals surface area contributed by atoms with Crippen LogP contribution in [0.5, 0.6) is 5.75 Å². The Balaban J connectivity index is 3.61. The first-order valence-corrected chi connectivity index (χ1v) is 5.80. The average molecular weight is 233 g/mol. The van der Waals surface area contributed by atoms with Crippen molar-refractivity contribution in [3.05, 3.63) is 28.2 Å². The second-order valence-corrected chi connectivity index (χ2v) is 6.49. The van der Waals surface area contributed by atoms with Gasteiger partial charge in [0.1, 0.15) is 5.75 Å². The van der Waals surface area contributed by atoms with E-state index in [4.69, 9.17) is 5.39 Å². The van der Waals surface area contributed by atoms with E-state index in [-0.39, 0.29) is 10.8 Å². The van der Waals surface area contributed by atoms with E-state index in [1.54, 1.807) is 12.1 Å². The zero-order valence-corrected chi connectivity index (χ0v) is 11.5. The number of hydrogen-bond acceptors (Lipinski definition) is 2. The number of rotatable bonds is 0. The molecule has 1 rings (SSSR count). The summed E-state index contributed by atoms with van der Waals surface area (Å²) in [7, 11) is 0. The number of nitrogens with zero attached hydrogens (tertiary/aromatic N) is 2. The normalized spacial score (nSPS) is 12.3. The molecule has 1 aromatic rings. The molecule has 0 aliphatic rings. The van der Waals surface area contributed by atoms with E-state index in [2.05, 4.69) is 4.98 Å². The molecule has 0 saturated carbocycles. The maximum atomic E-state index is 10.4. The molecular weight excluding hydrogens is 212 g/mol. The van der Waals surface area contributed by atoms with Gasteiger partial charge in [0.05, 0.1) is 0 Å². The first kappa shape index (κ1) is 13.5. The molecule has 0 spiro atoms. The van der Waals surface area contributed by atoms with Crippen LogP contribution < -0.4 is 0 Å². The second-order valence-electron chi connectivity index (χ2n) is 6.49. The second kappa shape index (κ2) is 4.03. The molecule has 0 amide bonds. The van der Waals surface area contributed by atoms with Crippen molar-refractivity contribution >= 4 is 5.69 Å². The fraction of sp³-hybridized carbons (Fsp3) is 0.571. The monoisotopic (exact) mass is 233 g/mol. The zero-order valence-electron chi connectivity index (χ0n) is 11.5. The Labute approximate surface area is 103 Å². The van der Waals surface area contributed by atoms with Crippen LogP contribution in [0.1, 0.15) is 52.7 Å². The molecule has 0 aromatic heterocycles. The minimum Gasteiger partial charge on any atom is -0.507 e. The molecule has 3 heteroatoms. The number of hydrogen-bond donors (Lipinski definition) is 1. The third-order valence-electron chi connectivity index (χ3n) is 2.83. The van der Waals surface area contributed by atoms with Gasteiger partial charge in [-0.05, 0) is 10.8 Å². The van der Waals surface area contributed by atoms with E-state index in [1.807, 2.05) is 41.5 Å². The summed E-state index contributed by atoms with van der Waals surface area (Å²) in [6, 6.07) is 3.45. The van der Waals surface area contributed by atoms with Gasteiger partial charge in [0.25, 0.3) is 0 Å². The Morgan fingerprint density at radius 3 is 1.53 bits per heavy atom. The SMILES string of the molecule is CC(C)(C)c1cc([N+]#N)cc(C(C)(C)C)c1O. The van der Waals surface area contributed by atoms with Crippen LogP contribution in [0.4, 0.5) is 5.69 Å². The molecule has 0 heterocycles. The first-order valence-electron chi connectivity index (χ1n) is 5.80. The molecule has 17 heavy (non-hydrogen) atoms. The van der Waals surface area contributed by atoms with E-state index >= 15 is 0 Å². The first-order chi connectivity index (χ1) is 7.57. The number of phenols is 1. The molecule has 0 fully saturated rings. The summed E-state index contributed by atoms with van der Waals surface area (Å²) in [5.41, 5.74) is 1.71. The fourth-order valence-electron chi connectivity index (χ4n) is 1.82. The van der Waals surface area contributed by atoms with Crippen LogP contribution in [-0.2, 0) is 10.8 Å². The summed E-state index contributed by atoms with van der Waals surface area (Å²) in [6.07, 6.45) is 0. The number of benzene rings is 1. The van der Waals surface area contributed by atoms with Crippen molar-refractivity contribution in [3.8, 4) is 5.75 Å². The van der Waals surface area contributed by atoms with E-state index in [0.29, 0.717) is 11.4 Å². The summed E-state index contributed by atoms with van der Waals surface area (Å²) in [6.45, 7) is 12.1. The molecule has 0 saturated heterocycles. The highest BCUT2D eigenvalue weighted by Crippen LogP contribution is 2.41. The third kappa shape index (κ3) is 2.76. The lowest BCUT2D eigenvalue weighted by atomic mass is 9.79. The molecule has 1 aromatic carbocycles. The van der Waals surface area contributed by atoms with E-state index in [9.17, 15) is 5.11 Å². The largest absolute Gasteiger partial charge is 0.507 e. The lowest BCUT2D eigenvalue weighted by Crippen LogP contribution is -2.16. The van der Waals surface area contributed by atoms with Gasteiger partial charge in [0.15, 0.2) is 4.98 Å². The van der Waals surface area contributed by atoms with Crippen molar-refractivity contribution in [2.24, 2.45) is 0 Å². The van der Waals surface area contributed by atoms with E-state index in [1.165, 1.54) is 0 Å². The van der Waals surface area contributed by atoms with Crippen LogP contribution in [0.2, 0.25) is 0 Å². The lowest BCUT2D eigenvalue weighted by molar-refractivity contribution is 0.423. The van der Waals surface area contributed by atoms with Gasteiger partial charge in [0, 0.05) is 23.3 Å². The zero-order chi connectivity index (χ0) is 13.4. The molecule has 1 N–H and O–H groups in total. The Hall–Kier alpha value is -1.56. The van der Waals surface area contributed by atoms with Gasteiger partial charge in [0.2, 0.25) is 5.39 Å². The van der Waals surface area contributed by atoms with E-state index < -0.39 is 0 Å². The van der Waals surface area contributed by atoms with Crippen molar-refractivity contribution in [3.63, 3.8) is 0 Å². The number of phenolic OH excluding ortho intramolecular Hbond substituents is 1. The Morgan fingerprint density at radius 2 is 1.29 bits per heavy atom. The highest BCUT2D eigenvalue weighted by atomic mass is 16.3. The lowest BCUT2D eigenvalue weighted by Gasteiger charge is -2.25. The summed E-state index contributed by atoms with van der Waals surface area (Å²) < 4.78 is 0. The molecule has 3 nitrogen and oxygen atoms in total. The van der Waals surface area contributed by atoms with Crippen molar-refractivity contribution in [2.75, 3.05) is 0 Å². The van der Waals surface area contributed by atoms with Gasteiger partial charge in [-0.3, -0.25) is 0 Å². The number of diazo groups is 1. The minimum atomic E-state index is -0.190. The van der Waals surface area contributed by atoms with Gasteiger partial charge in [-0.25, -0.2) is 0 Å². The number of aromatic hydroxyl groups is 1. The highest BCUT2D eigenvalue weighted by Gasteiger charge is 2.29. The van der Waals surface area contributed by atoms with Crippen molar-refractivity contribution < 1.29 is 5.11 Å². The Bertz CT molecular complexity index is 435. The van der Waals surface area contributed by atoms with Crippen LogP contribution >= 0.6 is 0 Å². The van der Waals surface area contributed by atoms with Gasteiger partial charge < -0.3 is 5.11 Å². The molecule has 0 atom stereocenters. The van der Waals surface area contributed by atoms with E-state index in [0.717, 1.165) is 11.1 Å². The third-order valence-corrected chi connectivity index (χ3v) is 2.83. The summed E-state index contributed by atoms with van der Waals surface area (Å²) in [4.78, 5) is 3.25. The summed E-state index contributed by atoms with van der Waals surface area (Å²) in [5, 5.41) is 19.3. The summed E-state index contributed by atoms with van der Waals surface area (Å²) >= 11 is 0. The predicted molar refractivity (Wildman–Crippen MR) is 70.3 cm³/mol. The topological polar surface area (TPSA) is 48.4 Å². The molecular formula is C14H21N2O+. The molecule has 0 aliphatic carbocycles. The van der Waals surface area contributed by atoms with Crippen molar-refractivity contribution in [1.29, 1.82) is 5.39 Å². The molecule has 0 bridgehead atoms. The summed E-state index contributed by atoms with van der Waals surface area (Å²) in [5.74, 6) is 0.303. The predicted octanol–water partition coefficient (Wildman–Crippen LogP) is 4.47. The van der Waals surface area contributed by atoms with Crippen LogP contribution in [0.3, 0.4) is 0 Å². The van der Waals surface area contributed by atoms with Crippen LogP contribution in [0, 0.1) is 5.39 Å². The average Bonchev–Trinajstić information content (AvgIpc) is 2.14. The van der Waals surface area contributed by atoms with Gasteiger partial charge in [-0.1, -0.05) is 41.5 Å². The van der Waals surface area contributed by atoms with Crippen LogP contribution in [0.25, 0.3) is 4.98 Å². The van der Waals surface area contributed by atoms with Gasteiger partial charge in [-0.15, -0.1) is 0 Å². The minimum absolute atomic E-state index is 0.190. The molecule has 92 valence electrons. The van der Waals surface area contributed by atoms with Gasteiger partial charge in [-0.2, -0.15) is 0 Å². The van der Waals surface area contributed by atoms with Crippen molar-refractivity contribution in [1.82, 2.24) is 0 Å². The smallest absolute Gasteiger partial charge is 0.385 e.